The molecule has 7 heteroatoms. The van der Waals surface area contributed by atoms with Crippen LogP contribution in [-0.2, 0) is 13.2 Å². The molecule has 1 amide bonds. The van der Waals surface area contributed by atoms with Gasteiger partial charge in [-0.2, -0.15) is 0 Å². The highest BCUT2D eigenvalue weighted by atomic mass is 16.5. The van der Waals surface area contributed by atoms with Gasteiger partial charge in [0.15, 0.2) is 11.4 Å². The maximum absolute atomic E-state index is 12.8. The van der Waals surface area contributed by atoms with Crippen molar-refractivity contribution in [1.82, 2.24) is 9.58 Å². The molecule has 0 atom stereocenters. The Morgan fingerprint density at radius 2 is 1.68 bits per heavy atom. The Morgan fingerprint density at radius 3 is 2.35 bits per heavy atom. The molecular weight excluding hydrogens is 394 g/mol. The predicted octanol–water partition coefficient (Wildman–Crippen LogP) is 3.09. The Morgan fingerprint density at radius 1 is 0.968 bits per heavy atom. The first-order chi connectivity index (χ1) is 14.9. The molecule has 3 aromatic rings. The summed E-state index contributed by atoms with van der Waals surface area (Å²) in [6, 6.07) is 18.9. The molecule has 0 bridgehead atoms. The van der Waals surface area contributed by atoms with Gasteiger partial charge in [0.1, 0.15) is 19.0 Å². The highest BCUT2D eigenvalue weighted by Crippen LogP contribution is 2.23. The van der Waals surface area contributed by atoms with Crippen molar-refractivity contribution < 1.29 is 14.6 Å². The molecule has 0 saturated carbocycles. The number of aromatic nitrogens is 1. The molecule has 1 aromatic heterocycles. The maximum Gasteiger partial charge on any atom is 0.278 e. The van der Waals surface area contributed by atoms with E-state index in [0.717, 1.165) is 16.9 Å². The average molecular weight is 419 g/mol. The van der Waals surface area contributed by atoms with E-state index in [9.17, 15) is 14.7 Å². The lowest BCUT2D eigenvalue weighted by Crippen LogP contribution is -2.55. The van der Waals surface area contributed by atoms with Crippen molar-refractivity contribution in [2.75, 3.05) is 11.7 Å². The summed E-state index contributed by atoms with van der Waals surface area (Å²) in [6.45, 7) is 5.14. The molecule has 0 spiro atoms. The van der Waals surface area contributed by atoms with Gasteiger partial charge in [0, 0.05) is 18.3 Å². The Labute approximate surface area is 180 Å². The second-order valence-electron chi connectivity index (χ2n) is 7.81. The molecule has 0 unspecified atom stereocenters. The van der Waals surface area contributed by atoms with Crippen LogP contribution in [0.15, 0.2) is 71.7 Å². The fraction of sp³-hybridized carbons (Fsp3) is 0.250. The van der Waals surface area contributed by atoms with E-state index in [1.54, 1.807) is 9.58 Å². The first-order valence-corrected chi connectivity index (χ1v) is 10.2. The summed E-state index contributed by atoms with van der Waals surface area (Å²) < 4.78 is 7.41. The van der Waals surface area contributed by atoms with Gasteiger partial charge in [-0.05, 0) is 37.1 Å². The molecule has 1 N–H and O–H groups in total. The molecule has 2 aromatic carbocycles. The van der Waals surface area contributed by atoms with Crippen LogP contribution in [0.1, 0.15) is 35.5 Å². The molecule has 0 aliphatic carbocycles. The summed E-state index contributed by atoms with van der Waals surface area (Å²) in [7, 11) is 0. The zero-order valence-corrected chi connectivity index (χ0v) is 17.6. The Bertz CT molecular complexity index is 1120. The largest absolute Gasteiger partial charge is 0.502 e. The number of pyridine rings is 1. The summed E-state index contributed by atoms with van der Waals surface area (Å²) in [4.78, 5) is 26.4. The van der Waals surface area contributed by atoms with Crippen LogP contribution in [0.25, 0.3) is 0 Å². The van der Waals surface area contributed by atoms with Crippen LogP contribution in [0.5, 0.6) is 11.5 Å². The minimum absolute atomic E-state index is 0.00438. The normalized spacial score (nSPS) is 13.5. The van der Waals surface area contributed by atoms with Gasteiger partial charge in [0.05, 0.1) is 6.54 Å². The highest BCUT2D eigenvalue weighted by Gasteiger charge is 2.33. The first-order valence-electron chi connectivity index (χ1n) is 10.2. The Hall–Kier alpha value is -3.74. The molecule has 160 valence electrons. The molecule has 0 saturated heterocycles. The van der Waals surface area contributed by atoms with Gasteiger partial charge in [0.25, 0.3) is 5.91 Å². The fourth-order valence-electron chi connectivity index (χ4n) is 3.56. The number of ether oxygens (including phenoxy) is 1. The maximum atomic E-state index is 12.8. The molecule has 4 rings (SSSR count). The molecule has 1 aliphatic rings. The average Bonchev–Trinajstić information content (AvgIpc) is 2.77. The van der Waals surface area contributed by atoms with Crippen molar-refractivity contribution in [3.63, 3.8) is 0 Å². The van der Waals surface area contributed by atoms with Crippen molar-refractivity contribution in [1.29, 1.82) is 0 Å². The van der Waals surface area contributed by atoms with Crippen LogP contribution >= 0.6 is 0 Å². The quantitative estimate of drug-likeness (QED) is 0.665. The van der Waals surface area contributed by atoms with E-state index < -0.39 is 11.2 Å². The summed E-state index contributed by atoms with van der Waals surface area (Å²) in [5.74, 6) is -0.106. The van der Waals surface area contributed by atoms with Gasteiger partial charge in [0.2, 0.25) is 5.43 Å². The second kappa shape index (κ2) is 8.55. The van der Waals surface area contributed by atoms with Crippen molar-refractivity contribution in [2.24, 2.45) is 0 Å². The van der Waals surface area contributed by atoms with Gasteiger partial charge in [-0.3, -0.25) is 19.3 Å². The number of hydrogen-bond acceptors (Lipinski definition) is 5. The van der Waals surface area contributed by atoms with Crippen molar-refractivity contribution in [3.8, 4) is 11.5 Å². The van der Waals surface area contributed by atoms with E-state index in [1.165, 1.54) is 12.3 Å². The number of hydrogen-bond donors (Lipinski definition) is 1. The monoisotopic (exact) mass is 419 g/mol. The van der Waals surface area contributed by atoms with Gasteiger partial charge >= 0.3 is 0 Å². The summed E-state index contributed by atoms with van der Waals surface area (Å²) >= 11 is 0. The van der Waals surface area contributed by atoms with Crippen LogP contribution < -0.4 is 15.2 Å². The Balaban J connectivity index is 1.53. The smallest absolute Gasteiger partial charge is 0.278 e. The number of carbonyl (C=O) groups is 1. The summed E-state index contributed by atoms with van der Waals surface area (Å²) in [5.41, 5.74) is 1.54. The van der Waals surface area contributed by atoms with E-state index >= 15 is 0 Å². The number of nitrogens with zero attached hydrogens (tertiary/aromatic N) is 3. The number of carbonyl (C=O) groups excluding carboxylic acids is 1. The highest BCUT2D eigenvalue weighted by molar-refractivity contribution is 5.96. The van der Waals surface area contributed by atoms with E-state index in [2.05, 4.69) is 0 Å². The molecule has 0 radical (unpaired) electrons. The van der Waals surface area contributed by atoms with E-state index in [-0.39, 0.29) is 17.6 Å². The summed E-state index contributed by atoms with van der Waals surface area (Å²) in [5, 5.41) is 12.2. The molecule has 1 aliphatic heterocycles. The Kier molecular flexibility index (Phi) is 5.66. The summed E-state index contributed by atoms with van der Waals surface area (Å²) in [6.07, 6.45) is 1.53. The van der Waals surface area contributed by atoms with Crippen LogP contribution in [0.2, 0.25) is 0 Å². The molecule has 2 heterocycles. The standard InChI is InChI=1S/C24H25N3O4/c1-17(2)26-16-25(27-13-12-21(28)23(29)22(27)24(26)30)14-18-8-10-20(11-9-18)31-15-19-6-4-3-5-7-19/h3-13,17,29H,14-16H2,1-2H3. The van der Waals surface area contributed by atoms with Gasteiger partial charge in [-0.25, -0.2) is 0 Å². The van der Waals surface area contributed by atoms with Crippen molar-refractivity contribution >= 4 is 5.91 Å². The number of benzene rings is 2. The van der Waals surface area contributed by atoms with Crippen molar-refractivity contribution in [3.05, 3.63) is 93.9 Å². The predicted molar refractivity (Wildman–Crippen MR) is 118 cm³/mol. The zero-order valence-electron chi connectivity index (χ0n) is 17.6. The van der Waals surface area contributed by atoms with Crippen LogP contribution in [0.3, 0.4) is 0 Å². The molecule has 7 nitrogen and oxygen atoms in total. The second-order valence-corrected chi connectivity index (χ2v) is 7.81. The first kappa shape index (κ1) is 20.5. The van der Waals surface area contributed by atoms with Gasteiger partial charge in [-0.1, -0.05) is 42.5 Å². The molecular formula is C24H25N3O4. The third-order valence-electron chi connectivity index (χ3n) is 5.30. The van der Waals surface area contributed by atoms with E-state index in [0.29, 0.717) is 19.8 Å². The number of fused-ring (bicyclic) bond motifs is 1. The molecule has 31 heavy (non-hydrogen) atoms. The van der Waals surface area contributed by atoms with Crippen LogP contribution in [0, 0.1) is 0 Å². The minimum Gasteiger partial charge on any atom is -0.502 e. The van der Waals surface area contributed by atoms with E-state index in [1.807, 2.05) is 73.5 Å². The van der Waals surface area contributed by atoms with Crippen LogP contribution in [0.4, 0.5) is 0 Å². The third kappa shape index (κ3) is 4.26. The lowest BCUT2D eigenvalue weighted by Gasteiger charge is -2.41. The SMILES string of the molecule is CC(C)N1CN(Cc2ccc(OCc3ccccc3)cc2)n2ccc(=O)c(O)c2C1=O. The number of amides is 1. The number of rotatable bonds is 6. The lowest BCUT2D eigenvalue weighted by molar-refractivity contribution is 0.0628. The topological polar surface area (TPSA) is 75.0 Å². The number of aromatic hydroxyl groups is 1. The van der Waals surface area contributed by atoms with E-state index in [4.69, 9.17) is 4.74 Å². The lowest BCUT2D eigenvalue weighted by atomic mass is 10.2. The third-order valence-corrected chi connectivity index (χ3v) is 5.30. The van der Waals surface area contributed by atoms with Crippen molar-refractivity contribution in [2.45, 2.75) is 33.0 Å². The van der Waals surface area contributed by atoms with Crippen LogP contribution in [-0.4, -0.2) is 33.3 Å². The van der Waals surface area contributed by atoms with Gasteiger partial charge in [-0.15, -0.1) is 0 Å². The minimum atomic E-state index is -0.565. The van der Waals surface area contributed by atoms with Gasteiger partial charge < -0.3 is 14.7 Å². The fourth-order valence-corrected chi connectivity index (χ4v) is 3.56. The molecule has 0 fully saturated rings. The zero-order chi connectivity index (χ0) is 22.0.